The number of amides is 1. The number of carbonyl (C=O) groups is 1. The summed E-state index contributed by atoms with van der Waals surface area (Å²) in [4.78, 5) is 28.2. The number of fused-ring (bicyclic) bond motifs is 2. The fourth-order valence-corrected chi connectivity index (χ4v) is 4.60. The van der Waals surface area contributed by atoms with Crippen molar-refractivity contribution in [3.05, 3.63) is 63.7 Å². The first kappa shape index (κ1) is 17.2. The van der Waals surface area contributed by atoms with Gasteiger partial charge in [-0.3, -0.25) is 9.59 Å². The lowest BCUT2D eigenvalue weighted by atomic mass is 9.91. The van der Waals surface area contributed by atoms with E-state index in [4.69, 9.17) is 0 Å². The van der Waals surface area contributed by atoms with Gasteiger partial charge in [0.05, 0.1) is 11.7 Å². The van der Waals surface area contributed by atoms with E-state index in [2.05, 4.69) is 15.4 Å². The Kier molecular flexibility index (Phi) is 4.26. The third-order valence-electron chi connectivity index (χ3n) is 6.13. The summed E-state index contributed by atoms with van der Waals surface area (Å²) in [7, 11) is 0. The minimum absolute atomic E-state index is 0.0196. The summed E-state index contributed by atoms with van der Waals surface area (Å²) in [5.41, 5.74) is 3.80. The number of aromatic amines is 1. The van der Waals surface area contributed by atoms with Crippen LogP contribution in [0.25, 0.3) is 10.9 Å². The van der Waals surface area contributed by atoms with Crippen LogP contribution in [0.2, 0.25) is 0 Å². The summed E-state index contributed by atoms with van der Waals surface area (Å²) in [6.07, 6.45) is 6.51. The normalized spacial score (nSPS) is 21.6. The predicted octanol–water partition coefficient (Wildman–Crippen LogP) is 3.13. The molecule has 0 bridgehead atoms. The van der Waals surface area contributed by atoms with E-state index < -0.39 is 0 Å². The molecule has 0 radical (unpaired) electrons. The highest BCUT2D eigenvalue weighted by Crippen LogP contribution is 2.28. The first-order valence-electron chi connectivity index (χ1n) is 10.2. The number of rotatable bonds is 3. The summed E-state index contributed by atoms with van der Waals surface area (Å²) in [6.45, 7) is 0. The van der Waals surface area contributed by atoms with Crippen LogP contribution in [0.5, 0.6) is 0 Å². The van der Waals surface area contributed by atoms with Crippen molar-refractivity contribution in [3.8, 4) is 0 Å². The molecule has 1 fully saturated rings. The van der Waals surface area contributed by atoms with Crippen molar-refractivity contribution in [3.63, 3.8) is 0 Å². The molecule has 6 nitrogen and oxygen atoms in total. The molecule has 5 rings (SSSR count). The van der Waals surface area contributed by atoms with Crippen molar-refractivity contribution in [2.45, 2.75) is 57.0 Å². The Labute approximate surface area is 163 Å². The number of nitrogens with zero attached hydrogens (tertiary/aromatic N) is 2. The quantitative estimate of drug-likeness (QED) is 0.737. The lowest BCUT2D eigenvalue weighted by molar-refractivity contribution is 0.0917. The number of para-hydroxylation sites is 1. The van der Waals surface area contributed by atoms with Crippen molar-refractivity contribution >= 4 is 16.8 Å². The van der Waals surface area contributed by atoms with Crippen molar-refractivity contribution in [2.75, 3.05) is 0 Å². The fraction of sp³-hybridized carbons (Fsp3) is 0.409. The molecule has 0 saturated heterocycles. The number of hydrogen-bond acceptors (Lipinski definition) is 3. The molecule has 2 N–H and O–H groups in total. The Morgan fingerprint density at radius 3 is 2.75 bits per heavy atom. The molecule has 2 aliphatic rings. The summed E-state index contributed by atoms with van der Waals surface area (Å²) in [5.74, 6) is -0.0625. The number of aryl methyl sites for hydroxylation is 2. The van der Waals surface area contributed by atoms with Gasteiger partial charge in [-0.05, 0) is 62.6 Å². The molecule has 0 aliphatic heterocycles. The standard InChI is InChI=1S/C22H24N4O2/c27-21-13-15-5-3-7-19(15)25-26(21)17-10-8-16(9-11-17)23-22(28)20-12-14-4-1-2-6-18(14)24-20/h1-2,4,6,12-13,16-17,24H,3,5,7-11H2,(H,23,28). The van der Waals surface area contributed by atoms with Crippen LogP contribution < -0.4 is 10.9 Å². The van der Waals surface area contributed by atoms with Crippen molar-refractivity contribution in [1.82, 2.24) is 20.1 Å². The van der Waals surface area contributed by atoms with Crippen LogP contribution in [0.1, 0.15) is 59.9 Å². The molecule has 28 heavy (non-hydrogen) atoms. The minimum Gasteiger partial charge on any atom is -0.351 e. The highest BCUT2D eigenvalue weighted by molar-refractivity contribution is 5.98. The second kappa shape index (κ2) is 6.93. The van der Waals surface area contributed by atoms with Gasteiger partial charge in [0.25, 0.3) is 11.5 Å². The number of carbonyl (C=O) groups excluding carboxylic acids is 1. The van der Waals surface area contributed by atoms with Gasteiger partial charge in [0.2, 0.25) is 0 Å². The second-order valence-electron chi connectivity index (χ2n) is 8.00. The first-order valence-corrected chi connectivity index (χ1v) is 10.2. The summed E-state index contributed by atoms with van der Waals surface area (Å²) in [5, 5.41) is 8.83. The van der Waals surface area contributed by atoms with Gasteiger partial charge in [-0.1, -0.05) is 18.2 Å². The SMILES string of the molecule is O=C(NC1CCC(n2nc3c(cc2=O)CCC3)CC1)c1cc2ccccc2[nH]1. The maximum atomic E-state index is 12.6. The van der Waals surface area contributed by atoms with E-state index in [0.717, 1.165) is 67.1 Å². The largest absolute Gasteiger partial charge is 0.351 e. The third kappa shape index (κ3) is 3.13. The zero-order chi connectivity index (χ0) is 19.1. The van der Waals surface area contributed by atoms with E-state index in [9.17, 15) is 9.59 Å². The summed E-state index contributed by atoms with van der Waals surface area (Å²) >= 11 is 0. The van der Waals surface area contributed by atoms with Gasteiger partial charge in [0.15, 0.2) is 0 Å². The van der Waals surface area contributed by atoms with Gasteiger partial charge in [-0.2, -0.15) is 5.10 Å². The number of benzene rings is 1. The molecule has 3 aromatic rings. The number of H-pyrrole nitrogens is 1. The topological polar surface area (TPSA) is 79.8 Å². The van der Waals surface area contributed by atoms with Crippen LogP contribution in [0.4, 0.5) is 0 Å². The number of hydrogen-bond donors (Lipinski definition) is 2. The van der Waals surface area contributed by atoms with Gasteiger partial charge in [-0.15, -0.1) is 0 Å². The molecule has 6 heteroatoms. The molecule has 0 unspecified atom stereocenters. The van der Waals surface area contributed by atoms with Gasteiger partial charge < -0.3 is 10.3 Å². The zero-order valence-corrected chi connectivity index (χ0v) is 15.8. The van der Waals surface area contributed by atoms with Gasteiger partial charge >= 0.3 is 0 Å². The van der Waals surface area contributed by atoms with Crippen LogP contribution >= 0.6 is 0 Å². The third-order valence-corrected chi connectivity index (χ3v) is 6.13. The predicted molar refractivity (Wildman–Crippen MR) is 108 cm³/mol. The molecule has 2 aromatic heterocycles. The Morgan fingerprint density at radius 1 is 1.11 bits per heavy atom. The van der Waals surface area contributed by atoms with Crippen molar-refractivity contribution in [2.24, 2.45) is 0 Å². The number of nitrogens with one attached hydrogen (secondary N) is 2. The van der Waals surface area contributed by atoms with Crippen LogP contribution in [-0.4, -0.2) is 26.7 Å². The van der Waals surface area contributed by atoms with Crippen molar-refractivity contribution < 1.29 is 4.79 Å². The molecular weight excluding hydrogens is 352 g/mol. The van der Waals surface area contributed by atoms with Crippen LogP contribution in [0, 0.1) is 0 Å². The van der Waals surface area contributed by atoms with Gasteiger partial charge in [-0.25, -0.2) is 4.68 Å². The average molecular weight is 376 g/mol. The Bertz CT molecular complexity index is 1060. The maximum Gasteiger partial charge on any atom is 0.267 e. The lowest BCUT2D eigenvalue weighted by Crippen LogP contribution is -2.39. The van der Waals surface area contributed by atoms with Crippen LogP contribution in [0.3, 0.4) is 0 Å². The minimum atomic E-state index is -0.0625. The van der Waals surface area contributed by atoms with Gasteiger partial charge in [0.1, 0.15) is 5.69 Å². The fourth-order valence-electron chi connectivity index (χ4n) is 4.60. The maximum absolute atomic E-state index is 12.6. The van der Waals surface area contributed by atoms with E-state index in [1.165, 1.54) is 0 Å². The molecule has 0 spiro atoms. The zero-order valence-electron chi connectivity index (χ0n) is 15.8. The molecule has 0 atom stereocenters. The van der Waals surface area contributed by atoms with Crippen LogP contribution in [0.15, 0.2) is 41.2 Å². The molecule has 1 amide bonds. The first-order chi connectivity index (χ1) is 13.7. The molecule has 2 aliphatic carbocycles. The average Bonchev–Trinajstić information content (AvgIpc) is 3.34. The Morgan fingerprint density at radius 2 is 1.93 bits per heavy atom. The van der Waals surface area contributed by atoms with E-state index in [0.29, 0.717) is 5.69 Å². The van der Waals surface area contributed by atoms with E-state index >= 15 is 0 Å². The Hall–Kier alpha value is -2.89. The van der Waals surface area contributed by atoms with Crippen molar-refractivity contribution in [1.29, 1.82) is 0 Å². The molecule has 144 valence electrons. The molecule has 1 aromatic carbocycles. The van der Waals surface area contributed by atoms with E-state index in [-0.39, 0.29) is 23.6 Å². The molecule has 2 heterocycles. The molecular formula is C22H24N4O2. The Balaban J connectivity index is 1.24. The number of aromatic nitrogens is 3. The monoisotopic (exact) mass is 376 g/mol. The second-order valence-corrected chi connectivity index (χ2v) is 8.00. The smallest absolute Gasteiger partial charge is 0.267 e. The summed E-state index contributed by atoms with van der Waals surface area (Å²) < 4.78 is 1.69. The highest BCUT2D eigenvalue weighted by Gasteiger charge is 2.26. The van der Waals surface area contributed by atoms with Gasteiger partial charge in [0, 0.05) is 23.0 Å². The summed E-state index contributed by atoms with van der Waals surface area (Å²) in [6, 6.07) is 11.8. The highest BCUT2D eigenvalue weighted by atomic mass is 16.2. The molecule has 1 saturated carbocycles. The van der Waals surface area contributed by atoms with E-state index in [1.807, 2.05) is 30.3 Å². The van der Waals surface area contributed by atoms with E-state index in [1.54, 1.807) is 10.7 Å². The van der Waals surface area contributed by atoms with Crippen LogP contribution in [-0.2, 0) is 12.8 Å². The lowest BCUT2D eigenvalue weighted by Gasteiger charge is -2.29.